The molecule has 1 N–H and O–H groups in total. The number of amides is 1. The number of nitrogens with one attached hydrogen (secondary N) is 1. The van der Waals surface area contributed by atoms with Crippen molar-refractivity contribution in [2.75, 3.05) is 5.32 Å². The summed E-state index contributed by atoms with van der Waals surface area (Å²) in [6.07, 6.45) is 0.898. The van der Waals surface area contributed by atoms with Gasteiger partial charge in [-0.2, -0.15) is 0 Å². The highest BCUT2D eigenvalue weighted by Gasteiger charge is 2.18. The van der Waals surface area contributed by atoms with Crippen LogP contribution in [0.5, 0.6) is 0 Å². The lowest BCUT2D eigenvalue weighted by molar-refractivity contribution is -0.116. The largest absolute Gasteiger partial charge is 0.320 e. The highest BCUT2D eigenvalue weighted by atomic mass is 16.2. The number of anilines is 1. The smallest absolute Gasteiger partial charge is 0.295 e. The van der Waals surface area contributed by atoms with E-state index in [0.29, 0.717) is 24.1 Å². The summed E-state index contributed by atoms with van der Waals surface area (Å²) in [6, 6.07) is 18.3. The van der Waals surface area contributed by atoms with Gasteiger partial charge in [0, 0.05) is 25.5 Å². The van der Waals surface area contributed by atoms with Crippen LogP contribution in [0.2, 0.25) is 0 Å². The summed E-state index contributed by atoms with van der Waals surface area (Å²) in [4.78, 5) is 37.2. The first kappa shape index (κ1) is 19.4. The Hall–Kier alpha value is -3.41. The van der Waals surface area contributed by atoms with Crippen molar-refractivity contribution in [3.63, 3.8) is 0 Å². The topological polar surface area (TPSA) is 73.1 Å². The molecule has 3 rings (SSSR count). The number of benzene rings is 2. The third kappa shape index (κ3) is 4.11. The number of nitrogens with zero attached hydrogens (tertiary/aromatic N) is 2. The van der Waals surface area contributed by atoms with Crippen LogP contribution < -0.4 is 10.9 Å². The van der Waals surface area contributed by atoms with Crippen LogP contribution in [0.1, 0.15) is 35.3 Å². The molecule has 6 nitrogen and oxygen atoms in total. The third-order valence-corrected chi connectivity index (χ3v) is 4.72. The average Bonchev–Trinajstić information content (AvgIpc) is 2.92. The number of Topliss-reactive ketones (excluding diaryl/α,β-unsaturated/α-hetero) is 1. The molecule has 0 unspecified atom stereocenters. The Morgan fingerprint density at radius 3 is 2.18 bits per heavy atom. The molecule has 0 aliphatic heterocycles. The third-order valence-electron chi connectivity index (χ3n) is 4.72. The van der Waals surface area contributed by atoms with Gasteiger partial charge in [0.2, 0.25) is 5.91 Å². The first-order valence-corrected chi connectivity index (χ1v) is 9.21. The van der Waals surface area contributed by atoms with Crippen LogP contribution in [0.3, 0.4) is 0 Å². The molecule has 1 amide bonds. The van der Waals surface area contributed by atoms with Crippen molar-refractivity contribution in [1.29, 1.82) is 0 Å². The van der Waals surface area contributed by atoms with Crippen molar-refractivity contribution in [2.24, 2.45) is 7.05 Å². The zero-order valence-corrected chi connectivity index (χ0v) is 16.0. The van der Waals surface area contributed by atoms with Gasteiger partial charge in [-0.05, 0) is 25.5 Å². The van der Waals surface area contributed by atoms with Gasteiger partial charge in [-0.15, -0.1) is 0 Å². The number of aromatic nitrogens is 2. The molecule has 6 heteroatoms. The van der Waals surface area contributed by atoms with E-state index in [9.17, 15) is 14.4 Å². The highest BCUT2D eigenvalue weighted by Crippen LogP contribution is 2.15. The number of rotatable bonds is 7. The molecule has 0 fully saturated rings. The Labute approximate surface area is 163 Å². The first-order valence-electron chi connectivity index (χ1n) is 9.21. The molecule has 0 atom stereocenters. The van der Waals surface area contributed by atoms with Crippen molar-refractivity contribution < 1.29 is 9.59 Å². The van der Waals surface area contributed by atoms with Crippen LogP contribution in [0.4, 0.5) is 5.69 Å². The highest BCUT2D eigenvalue weighted by molar-refractivity contribution is 5.96. The second kappa shape index (κ2) is 8.52. The molecule has 3 aromatic rings. The summed E-state index contributed by atoms with van der Waals surface area (Å²) in [5.74, 6) is -0.261. The van der Waals surface area contributed by atoms with E-state index in [1.807, 2.05) is 48.5 Å². The van der Waals surface area contributed by atoms with Crippen molar-refractivity contribution in [2.45, 2.75) is 26.2 Å². The Bertz CT molecular complexity index is 1030. The summed E-state index contributed by atoms with van der Waals surface area (Å²) in [5, 5.41) is 2.72. The molecule has 0 saturated carbocycles. The van der Waals surface area contributed by atoms with E-state index in [4.69, 9.17) is 0 Å². The molecule has 1 aromatic heterocycles. The van der Waals surface area contributed by atoms with E-state index >= 15 is 0 Å². The minimum atomic E-state index is -0.278. The van der Waals surface area contributed by atoms with E-state index in [0.717, 1.165) is 5.69 Å². The second-order valence-electron chi connectivity index (χ2n) is 6.63. The number of hydrogen-bond acceptors (Lipinski definition) is 3. The fourth-order valence-corrected chi connectivity index (χ4v) is 3.09. The fourth-order valence-electron chi connectivity index (χ4n) is 3.09. The zero-order valence-electron chi connectivity index (χ0n) is 16.0. The summed E-state index contributed by atoms with van der Waals surface area (Å²) in [5.41, 5.74) is 2.04. The van der Waals surface area contributed by atoms with Crippen LogP contribution in [-0.4, -0.2) is 21.1 Å². The van der Waals surface area contributed by atoms with Gasteiger partial charge in [-0.1, -0.05) is 48.5 Å². The predicted molar refractivity (Wildman–Crippen MR) is 109 cm³/mol. The second-order valence-corrected chi connectivity index (χ2v) is 6.63. The zero-order chi connectivity index (χ0) is 20.1. The van der Waals surface area contributed by atoms with Gasteiger partial charge in [0.1, 0.15) is 5.69 Å². The molecule has 0 spiro atoms. The lowest BCUT2D eigenvalue weighted by atomic mass is 10.1. The lowest BCUT2D eigenvalue weighted by Gasteiger charge is -2.07. The average molecular weight is 377 g/mol. The Kier molecular flexibility index (Phi) is 5.89. The van der Waals surface area contributed by atoms with Gasteiger partial charge in [0.05, 0.1) is 11.4 Å². The molecule has 0 saturated heterocycles. The molecule has 2 aromatic carbocycles. The molecule has 0 radical (unpaired) electrons. The van der Waals surface area contributed by atoms with Crippen LogP contribution in [0.15, 0.2) is 65.5 Å². The Morgan fingerprint density at radius 2 is 1.54 bits per heavy atom. The van der Waals surface area contributed by atoms with Crippen LogP contribution in [-0.2, 0) is 11.8 Å². The number of carbonyl (C=O) groups is 2. The van der Waals surface area contributed by atoms with E-state index in [1.165, 1.54) is 4.68 Å². The number of ketones is 1. The van der Waals surface area contributed by atoms with Crippen LogP contribution >= 0.6 is 0 Å². The normalized spacial score (nSPS) is 10.6. The SMILES string of the molecule is Cc1c(NC(=O)CCCC(=O)c2ccccc2)c(=O)n(-c2ccccc2)n1C. The standard InChI is InChI=1S/C22H23N3O3/c1-16-21(22(28)25(24(16)2)18-12-7-4-8-13-18)23-20(27)15-9-14-19(26)17-10-5-3-6-11-17/h3-8,10-13H,9,14-15H2,1-2H3,(H,23,27). The van der Waals surface area contributed by atoms with E-state index in [-0.39, 0.29) is 29.4 Å². The van der Waals surface area contributed by atoms with E-state index in [1.54, 1.807) is 30.8 Å². The summed E-state index contributed by atoms with van der Waals surface area (Å²) >= 11 is 0. The Morgan fingerprint density at radius 1 is 0.929 bits per heavy atom. The summed E-state index contributed by atoms with van der Waals surface area (Å²) < 4.78 is 3.23. The van der Waals surface area contributed by atoms with Gasteiger partial charge >= 0.3 is 0 Å². The minimum Gasteiger partial charge on any atom is -0.320 e. The summed E-state index contributed by atoms with van der Waals surface area (Å²) in [7, 11) is 1.78. The molecule has 0 bridgehead atoms. The van der Waals surface area contributed by atoms with Gasteiger partial charge in [-0.25, -0.2) is 4.68 Å². The molecule has 144 valence electrons. The summed E-state index contributed by atoms with van der Waals surface area (Å²) in [6.45, 7) is 1.79. The van der Waals surface area contributed by atoms with Gasteiger partial charge in [0.15, 0.2) is 5.78 Å². The number of para-hydroxylation sites is 1. The van der Waals surface area contributed by atoms with Crippen molar-refractivity contribution in [3.8, 4) is 5.69 Å². The van der Waals surface area contributed by atoms with Crippen LogP contribution in [0.25, 0.3) is 5.69 Å². The maximum Gasteiger partial charge on any atom is 0.295 e. The van der Waals surface area contributed by atoms with Crippen molar-refractivity contribution in [3.05, 3.63) is 82.3 Å². The maximum atomic E-state index is 12.8. The molecule has 28 heavy (non-hydrogen) atoms. The molecular weight excluding hydrogens is 354 g/mol. The van der Waals surface area contributed by atoms with Crippen molar-refractivity contribution in [1.82, 2.24) is 9.36 Å². The van der Waals surface area contributed by atoms with Crippen LogP contribution in [0, 0.1) is 6.92 Å². The molecule has 0 aliphatic carbocycles. The van der Waals surface area contributed by atoms with Crippen molar-refractivity contribution >= 4 is 17.4 Å². The molecule has 0 aliphatic rings. The Balaban J connectivity index is 1.65. The van der Waals surface area contributed by atoms with Gasteiger partial charge in [0.25, 0.3) is 5.56 Å². The molecule has 1 heterocycles. The van der Waals surface area contributed by atoms with Gasteiger partial charge < -0.3 is 5.32 Å². The number of carbonyl (C=O) groups excluding carboxylic acids is 2. The van der Waals surface area contributed by atoms with E-state index < -0.39 is 0 Å². The quantitative estimate of drug-likeness (QED) is 0.641. The lowest BCUT2D eigenvalue weighted by Crippen LogP contribution is -2.22. The number of hydrogen-bond donors (Lipinski definition) is 1. The van der Waals surface area contributed by atoms with Gasteiger partial charge in [-0.3, -0.25) is 19.1 Å². The molecular formula is C22H23N3O3. The minimum absolute atomic E-state index is 0.00993. The predicted octanol–water partition coefficient (Wildman–Crippen LogP) is 3.48. The maximum absolute atomic E-state index is 12.8. The first-order chi connectivity index (χ1) is 13.5. The fraction of sp³-hybridized carbons (Fsp3) is 0.227. The van der Waals surface area contributed by atoms with E-state index in [2.05, 4.69) is 5.32 Å². The monoisotopic (exact) mass is 377 g/mol.